The van der Waals surface area contributed by atoms with E-state index in [4.69, 9.17) is 0 Å². The van der Waals surface area contributed by atoms with E-state index in [2.05, 4.69) is 17.2 Å². The van der Waals surface area contributed by atoms with Gasteiger partial charge in [0.1, 0.15) is 10.7 Å². The number of carbonyl (C=O) groups is 1. The number of halogens is 1. The lowest BCUT2D eigenvalue weighted by molar-refractivity contribution is 0.0913. The van der Waals surface area contributed by atoms with Gasteiger partial charge in [-0.3, -0.25) is 9.20 Å². The second kappa shape index (κ2) is 6.83. The molecule has 1 saturated carbocycles. The first-order valence-corrected chi connectivity index (χ1v) is 9.90. The highest BCUT2D eigenvalue weighted by Gasteiger charge is 2.25. The van der Waals surface area contributed by atoms with Gasteiger partial charge in [-0.2, -0.15) is 0 Å². The minimum atomic E-state index is -0.262. The first-order chi connectivity index (χ1) is 12.5. The lowest BCUT2D eigenvalue weighted by Gasteiger charge is -2.29. The summed E-state index contributed by atoms with van der Waals surface area (Å²) in [6, 6.07) is 6.56. The molecule has 136 valence electrons. The molecule has 0 bridgehead atoms. The van der Waals surface area contributed by atoms with Crippen LogP contribution in [-0.2, 0) is 0 Å². The lowest BCUT2D eigenvalue weighted by atomic mass is 9.86. The second-order valence-electron chi connectivity index (χ2n) is 7.14. The zero-order valence-corrected chi connectivity index (χ0v) is 15.8. The van der Waals surface area contributed by atoms with E-state index in [0.29, 0.717) is 5.92 Å². The first-order valence-electron chi connectivity index (χ1n) is 9.08. The van der Waals surface area contributed by atoms with Gasteiger partial charge < -0.3 is 5.32 Å². The summed E-state index contributed by atoms with van der Waals surface area (Å²) in [6.07, 6.45) is 6.59. The highest BCUT2D eigenvalue weighted by molar-refractivity contribution is 7.19. The Labute approximate surface area is 156 Å². The molecule has 1 aliphatic carbocycles. The molecule has 4 rings (SSSR count). The topological polar surface area (TPSA) is 46.4 Å². The number of carbonyl (C=O) groups excluding carboxylic acids is 1. The Balaban J connectivity index is 1.59. The van der Waals surface area contributed by atoms with Crippen LogP contribution in [0, 0.1) is 18.7 Å². The number of aromatic nitrogens is 2. The highest BCUT2D eigenvalue weighted by atomic mass is 32.1. The van der Waals surface area contributed by atoms with Gasteiger partial charge in [0, 0.05) is 23.5 Å². The number of imidazole rings is 1. The van der Waals surface area contributed by atoms with E-state index in [1.165, 1.54) is 42.7 Å². The maximum Gasteiger partial charge on any atom is 0.263 e. The standard InChI is InChI=1S/C20H22FN3OS/c1-12-5-3-4-6-16(12)22-19(25)18-13(2)24-11-17(23-20(24)26-18)14-7-9-15(21)10-8-14/h7-12,16H,3-6H2,1-2H3,(H,22,25). The van der Waals surface area contributed by atoms with Crippen molar-refractivity contribution in [1.29, 1.82) is 0 Å². The molecular formula is C20H22FN3OS. The summed E-state index contributed by atoms with van der Waals surface area (Å²) in [5.41, 5.74) is 2.54. The summed E-state index contributed by atoms with van der Waals surface area (Å²) in [6.45, 7) is 4.16. The molecule has 2 atom stereocenters. The minimum absolute atomic E-state index is 0.0000761. The maximum atomic E-state index is 13.1. The molecular weight excluding hydrogens is 349 g/mol. The number of rotatable bonds is 3. The van der Waals surface area contributed by atoms with E-state index in [1.54, 1.807) is 12.1 Å². The van der Waals surface area contributed by atoms with Crippen molar-refractivity contribution in [3.63, 3.8) is 0 Å². The molecule has 0 spiro atoms. The Hall–Kier alpha value is -2.21. The maximum absolute atomic E-state index is 13.1. The van der Waals surface area contributed by atoms with Crippen LogP contribution < -0.4 is 5.32 Å². The fourth-order valence-corrected chi connectivity index (χ4v) is 4.70. The smallest absolute Gasteiger partial charge is 0.263 e. The monoisotopic (exact) mass is 371 g/mol. The van der Waals surface area contributed by atoms with Crippen molar-refractivity contribution in [2.24, 2.45) is 5.92 Å². The SMILES string of the molecule is Cc1c(C(=O)NC2CCCCC2C)sc2nc(-c3ccc(F)cc3)cn12. The first kappa shape index (κ1) is 17.2. The molecule has 0 aliphatic heterocycles. The number of nitrogens with one attached hydrogen (secondary N) is 1. The summed E-state index contributed by atoms with van der Waals surface area (Å²) in [7, 11) is 0. The molecule has 1 aromatic carbocycles. The van der Waals surface area contributed by atoms with Gasteiger partial charge in [-0.15, -0.1) is 0 Å². The normalized spacial score (nSPS) is 20.4. The Kier molecular flexibility index (Phi) is 4.53. The summed E-state index contributed by atoms with van der Waals surface area (Å²) in [4.78, 5) is 18.9. The van der Waals surface area contributed by atoms with E-state index in [0.717, 1.165) is 33.2 Å². The van der Waals surface area contributed by atoms with Crippen LogP contribution in [0.3, 0.4) is 0 Å². The molecule has 3 aromatic rings. The predicted octanol–water partition coefficient (Wildman–Crippen LogP) is 4.82. The number of hydrogen-bond donors (Lipinski definition) is 1. The van der Waals surface area contributed by atoms with Crippen molar-refractivity contribution in [1.82, 2.24) is 14.7 Å². The Morgan fingerprint density at radius 2 is 2.00 bits per heavy atom. The fraction of sp³-hybridized carbons (Fsp3) is 0.400. The number of benzene rings is 1. The van der Waals surface area contributed by atoms with Crippen LogP contribution in [0.5, 0.6) is 0 Å². The Morgan fingerprint density at radius 1 is 1.27 bits per heavy atom. The zero-order valence-electron chi connectivity index (χ0n) is 15.0. The Bertz CT molecular complexity index is 944. The van der Waals surface area contributed by atoms with Crippen LogP contribution in [0.2, 0.25) is 0 Å². The fourth-order valence-electron chi connectivity index (χ4n) is 3.69. The molecule has 2 heterocycles. The van der Waals surface area contributed by atoms with Crippen LogP contribution in [0.4, 0.5) is 4.39 Å². The number of fused-ring (bicyclic) bond motifs is 1. The number of amides is 1. The molecule has 6 heteroatoms. The van der Waals surface area contributed by atoms with Crippen LogP contribution in [0.25, 0.3) is 16.2 Å². The van der Waals surface area contributed by atoms with Gasteiger partial charge in [0.05, 0.1) is 5.69 Å². The van der Waals surface area contributed by atoms with Gasteiger partial charge in [-0.1, -0.05) is 31.1 Å². The lowest BCUT2D eigenvalue weighted by Crippen LogP contribution is -2.41. The second-order valence-corrected chi connectivity index (χ2v) is 8.12. The third kappa shape index (κ3) is 3.14. The molecule has 1 fully saturated rings. The van der Waals surface area contributed by atoms with Gasteiger partial charge in [-0.05, 0) is 49.9 Å². The molecule has 1 aliphatic rings. The molecule has 1 N–H and O–H groups in total. The summed E-state index contributed by atoms with van der Waals surface area (Å²) in [5.74, 6) is 0.268. The van der Waals surface area contributed by atoms with Crippen molar-refractivity contribution >= 4 is 22.2 Å². The summed E-state index contributed by atoms with van der Waals surface area (Å²) >= 11 is 1.41. The Morgan fingerprint density at radius 3 is 2.69 bits per heavy atom. The molecule has 0 radical (unpaired) electrons. The summed E-state index contributed by atoms with van der Waals surface area (Å²) < 4.78 is 15.1. The molecule has 26 heavy (non-hydrogen) atoms. The van der Waals surface area contributed by atoms with E-state index in [9.17, 15) is 9.18 Å². The van der Waals surface area contributed by atoms with Crippen molar-refractivity contribution < 1.29 is 9.18 Å². The average Bonchev–Trinajstić information content (AvgIpc) is 3.17. The predicted molar refractivity (Wildman–Crippen MR) is 102 cm³/mol. The van der Waals surface area contributed by atoms with E-state index in [-0.39, 0.29) is 17.8 Å². The molecule has 0 saturated heterocycles. The van der Waals surface area contributed by atoms with Crippen molar-refractivity contribution in [3.05, 3.63) is 46.9 Å². The number of thiazole rings is 1. The largest absolute Gasteiger partial charge is 0.348 e. The van der Waals surface area contributed by atoms with Gasteiger partial charge >= 0.3 is 0 Å². The third-order valence-corrected chi connectivity index (χ3v) is 6.49. The number of aryl methyl sites for hydroxylation is 1. The minimum Gasteiger partial charge on any atom is -0.348 e. The third-order valence-electron chi connectivity index (χ3n) is 5.33. The van der Waals surface area contributed by atoms with Crippen LogP contribution in [-0.4, -0.2) is 21.3 Å². The average molecular weight is 371 g/mol. The zero-order chi connectivity index (χ0) is 18.3. The van der Waals surface area contributed by atoms with Gasteiger partial charge in [0.2, 0.25) is 0 Å². The van der Waals surface area contributed by atoms with E-state index < -0.39 is 0 Å². The van der Waals surface area contributed by atoms with Crippen molar-refractivity contribution in [2.75, 3.05) is 0 Å². The molecule has 4 nitrogen and oxygen atoms in total. The number of hydrogen-bond acceptors (Lipinski definition) is 3. The van der Waals surface area contributed by atoms with Gasteiger partial charge in [0.25, 0.3) is 5.91 Å². The quantitative estimate of drug-likeness (QED) is 0.717. The van der Waals surface area contributed by atoms with E-state index >= 15 is 0 Å². The van der Waals surface area contributed by atoms with Gasteiger partial charge in [0.15, 0.2) is 4.96 Å². The van der Waals surface area contributed by atoms with Crippen LogP contribution >= 0.6 is 11.3 Å². The van der Waals surface area contributed by atoms with Gasteiger partial charge in [-0.25, -0.2) is 9.37 Å². The summed E-state index contributed by atoms with van der Waals surface area (Å²) in [5, 5.41) is 3.22. The van der Waals surface area contributed by atoms with Crippen LogP contribution in [0.1, 0.15) is 48.0 Å². The van der Waals surface area contributed by atoms with Crippen molar-refractivity contribution in [2.45, 2.75) is 45.6 Å². The highest BCUT2D eigenvalue weighted by Crippen LogP contribution is 2.29. The van der Waals surface area contributed by atoms with Crippen molar-refractivity contribution in [3.8, 4) is 11.3 Å². The molecule has 2 unspecified atom stereocenters. The molecule has 1 amide bonds. The molecule has 2 aromatic heterocycles. The van der Waals surface area contributed by atoms with Crippen LogP contribution in [0.15, 0.2) is 30.5 Å². The number of nitrogens with zero attached hydrogens (tertiary/aromatic N) is 2. The van der Waals surface area contributed by atoms with E-state index in [1.807, 2.05) is 17.5 Å².